The molecule has 2 heterocycles. The van der Waals surface area contributed by atoms with Crippen molar-refractivity contribution >= 4 is 11.8 Å². The number of likely N-dealkylation sites (tertiary alicyclic amines) is 1. The third-order valence-electron chi connectivity index (χ3n) is 6.52. The Balaban J connectivity index is 1.60. The molecule has 7 heteroatoms. The predicted octanol–water partition coefficient (Wildman–Crippen LogP) is 4.36. The normalized spacial score (nSPS) is 14.5. The van der Waals surface area contributed by atoms with Gasteiger partial charge >= 0.3 is 0 Å². The number of hydrogen-bond donors (Lipinski definition) is 1. The molecule has 1 aromatic heterocycles. The van der Waals surface area contributed by atoms with E-state index < -0.39 is 0 Å². The van der Waals surface area contributed by atoms with E-state index in [0.29, 0.717) is 24.5 Å². The summed E-state index contributed by atoms with van der Waals surface area (Å²) < 4.78 is 7.97. The van der Waals surface area contributed by atoms with Crippen LogP contribution in [0.4, 0.5) is 0 Å². The highest BCUT2D eigenvalue weighted by Crippen LogP contribution is 2.28. The Morgan fingerprint density at radius 3 is 2.53 bits per heavy atom. The van der Waals surface area contributed by atoms with Crippen LogP contribution in [0.15, 0.2) is 24.3 Å². The van der Waals surface area contributed by atoms with E-state index in [4.69, 9.17) is 4.74 Å². The van der Waals surface area contributed by atoms with Crippen LogP contribution in [-0.2, 0) is 22.6 Å². The number of aryl methyl sites for hydroxylation is 1. The van der Waals surface area contributed by atoms with Crippen LogP contribution in [0.1, 0.15) is 75.0 Å². The molecule has 2 aromatic rings. The fourth-order valence-corrected chi connectivity index (χ4v) is 4.62. The van der Waals surface area contributed by atoms with Gasteiger partial charge in [0.25, 0.3) is 5.91 Å². The van der Waals surface area contributed by atoms with Gasteiger partial charge in [0, 0.05) is 37.3 Å². The van der Waals surface area contributed by atoms with Crippen molar-refractivity contribution in [2.45, 2.75) is 79.3 Å². The first-order valence-corrected chi connectivity index (χ1v) is 12.6. The molecular weight excluding hydrogens is 428 g/mol. The molecule has 1 fully saturated rings. The SMILES string of the molecule is CCC(NC(=O)CCc1c(C)nn(CC(C)C)c1C)c1ccccc1OCC(=O)N1CCCC1. The lowest BCUT2D eigenvalue weighted by Gasteiger charge is -2.22. The van der Waals surface area contributed by atoms with Gasteiger partial charge in [0.15, 0.2) is 6.61 Å². The van der Waals surface area contributed by atoms with Crippen LogP contribution in [0.2, 0.25) is 0 Å². The molecule has 186 valence electrons. The Kier molecular flexibility index (Phi) is 9.13. The maximum atomic E-state index is 12.9. The van der Waals surface area contributed by atoms with E-state index in [1.807, 2.05) is 43.0 Å². The van der Waals surface area contributed by atoms with Crippen molar-refractivity contribution in [1.29, 1.82) is 0 Å². The van der Waals surface area contributed by atoms with Crippen molar-refractivity contribution in [3.8, 4) is 5.75 Å². The Hall–Kier alpha value is -2.83. The van der Waals surface area contributed by atoms with Crippen molar-refractivity contribution in [1.82, 2.24) is 20.0 Å². The van der Waals surface area contributed by atoms with Crippen LogP contribution in [0.5, 0.6) is 5.75 Å². The molecule has 1 atom stereocenters. The summed E-state index contributed by atoms with van der Waals surface area (Å²) in [7, 11) is 0. The van der Waals surface area contributed by atoms with Crippen molar-refractivity contribution < 1.29 is 14.3 Å². The van der Waals surface area contributed by atoms with E-state index in [0.717, 1.165) is 61.4 Å². The molecule has 2 amide bonds. The van der Waals surface area contributed by atoms with E-state index >= 15 is 0 Å². The number of benzene rings is 1. The number of para-hydroxylation sites is 1. The van der Waals surface area contributed by atoms with E-state index in [2.05, 4.69) is 35.9 Å². The average molecular weight is 469 g/mol. The predicted molar refractivity (Wildman–Crippen MR) is 134 cm³/mol. The quantitative estimate of drug-likeness (QED) is 0.532. The fourth-order valence-electron chi connectivity index (χ4n) is 4.62. The number of nitrogens with zero attached hydrogens (tertiary/aromatic N) is 3. The highest BCUT2D eigenvalue weighted by Gasteiger charge is 2.21. The largest absolute Gasteiger partial charge is 0.483 e. The highest BCUT2D eigenvalue weighted by molar-refractivity contribution is 5.78. The molecular formula is C27H40N4O3. The summed E-state index contributed by atoms with van der Waals surface area (Å²) >= 11 is 0. The summed E-state index contributed by atoms with van der Waals surface area (Å²) in [6, 6.07) is 7.51. The maximum absolute atomic E-state index is 12.9. The molecule has 0 aliphatic carbocycles. The molecule has 34 heavy (non-hydrogen) atoms. The number of hydrogen-bond acceptors (Lipinski definition) is 4. The Morgan fingerprint density at radius 2 is 1.85 bits per heavy atom. The Bertz CT molecular complexity index is 976. The van der Waals surface area contributed by atoms with Crippen LogP contribution >= 0.6 is 0 Å². The van der Waals surface area contributed by atoms with Gasteiger partial charge in [-0.05, 0) is 57.1 Å². The van der Waals surface area contributed by atoms with Crippen LogP contribution < -0.4 is 10.1 Å². The number of aromatic nitrogens is 2. The van der Waals surface area contributed by atoms with E-state index in [1.54, 1.807) is 0 Å². The third kappa shape index (κ3) is 6.61. The van der Waals surface area contributed by atoms with Crippen molar-refractivity contribution in [2.75, 3.05) is 19.7 Å². The van der Waals surface area contributed by atoms with Gasteiger partial charge in [-0.1, -0.05) is 39.0 Å². The molecule has 7 nitrogen and oxygen atoms in total. The van der Waals surface area contributed by atoms with Gasteiger partial charge < -0.3 is 15.0 Å². The van der Waals surface area contributed by atoms with Gasteiger partial charge in [0.05, 0.1) is 11.7 Å². The summed E-state index contributed by atoms with van der Waals surface area (Å²) in [5.41, 5.74) is 4.21. The van der Waals surface area contributed by atoms with E-state index in [9.17, 15) is 9.59 Å². The number of carbonyl (C=O) groups excluding carboxylic acids is 2. The van der Waals surface area contributed by atoms with Crippen LogP contribution in [0.25, 0.3) is 0 Å². The monoisotopic (exact) mass is 468 g/mol. The van der Waals surface area contributed by atoms with E-state index in [1.165, 1.54) is 0 Å². The summed E-state index contributed by atoms with van der Waals surface area (Å²) in [4.78, 5) is 27.1. The molecule has 0 radical (unpaired) electrons. The lowest BCUT2D eigenvalue weighted by atomic mass is 10.0. The van der Waals surface area contributed by atoms with Crippen molar-refractivity contribution in [3.63, 3.8) is 0 Å². The number of amides is 2. The topological polar surface area (TPSA) is 76.5 Å². The second kappa shape index (κ2) is 12.0. The summed E-state index contributed by atoms with van der Waals surface area (Å²) in [6.45, 7) is 13.0. The second-order valence-electron chi connectivity index (χ2n) is 9.67. The van der Waals surface area contributed by atoms with Crippen LogP contribution in [0.3, 0.4) is 0 Å². The minimum Gasteiger partial charge on any atom is -0.483 e. The minimum absolute atomic E-state index is 0.00482. The molecule has 1 aromatic carbocycles. The third-order valence-corrected chi connectivity index (χ3v) is 6.52. The Morgan fingerprint density at radius 1 is 1.15 bits per heavy atom. The lowest BCUT2D eigenvalue weighted by molar-refractivity contribution is -0.132. The number of carbonyl (C=O) groups is 2. The first kappa shape index (κ1) is 25.8. The zero-order valence-electron chi connectivity index (χ0n) is 21.4. The van der Waals surface area contributed by atoms with Crippen molar-refractivity contribution in [3.05, 3.63) is 46.8 Å². The zero-order valence-corrected chi connectivity index (χ0v) is 21.4. The van der Waals surface area contributed by atoms with E-state index in [-0.39, 0.29) is 24.5 Å². The minimum atomic E-state index is -0.170. The summed E-state index contributed by atoms with van der Waals surface area (Å²) in [5.74, 6) is 1.20. The highest BCUT2D eigenvalue weighted by atomic mass is 16.5. The standard InChI is InChI=1S/C27H40N4O3/c1-6-24(23-11-7-8-12-25(23)34-18-27(33)30-15-9-10-16-30)28-26(32)14-13-22-20(4)29-31(21(22)5)17-19(2)3/h7-8,11-12,19,24H,6,9-10,13-18H2,1-5H3,(H,28,32). The maximum Gasteiger partial charge on any atom is 0.260 e. The molecule has 1 aliphatic rings. The molecule has 1 saturated heterocycles. The first-order valence-electron chi connectivity index (χ1n) is 12.6. The Labute approximate surface area is 203 Å². The zero-order chi connectivity index (χ0) is 24.7. The summed E-state index contributed by atoms with van der Waals surface area (Å²) in [5, 5.41) is 7.84. The van der Waals surface area contributed by atoms with Crippen LogP contribution in [0, 0.1) is 19.8 Å². The first-order chi connectivity index (χ1) is 16.3. The van der Waals surface area contributed by atoms with Gasteiger partial charge in [0.1, 0.15) is 5.75 Å². The van der Waals surface area contributed by atoms with Crippen molar-refractivity contribution in [2.24, 2.45) is 5.92 Å². The average Bonchev–Trinajstić information content (AvgIpc) is 3.43. The fraction of sp³-hybridized carbons (Fsp3) is 0.593. The smallest absolute Gasteiger partial charge is 0.260 e. The molecule has 3 rings (SSSR count). The van der Waals surface area contributed by atoms with Gasteiger partial charge in [-0.3, -0.25) is 14.3 Å². The molecule has 0 bridgehead atoms. The number of rotatable bonds is 11. The number of nitrogens with one attached hydrogen (secondary N) is 1. The molecule has 1 unspecified atom stereocenters. The molecule has 1 N–H and O–H groups in total. The van der Waals surface area contributed by atoms with Gasteiger partial charge in [-0.15, -0.1) is 0 Å². The molecule has 0 saturated carbocycles. The van der Waals surface area contributed by atoms with Crippen LogP contribution in [-0.4, -0.2) is 46.2 Å². The van der Waals surface area contributed by atoms with Gasteiger partial charge in [-0.25, -0.2) is 0 Å². The van der Waals surface area contributed by atoms with Gasteiger partial charge in [-0.2, -0.15) is 5.10 Å². The summed E-state index contributed by atoms with van der Waals surface area (Å²) in [6.07, 6.45) is 3.92. The number of ether oxygens (including phenoxy) is 1. The van der Waals surface area contributed by atoms with Gasteiger partial charge in [0.2, 0.25) is 5.91 Å². The molecule has 0 spiro atoms. The lowest BCUT2D eigenvalue weighted by Crippen LogP contribution is -2.32. The molecule has 1 aliphatic heterocycles. The second-order valence-corrected chi connectivity index (χ2v) is 9.67.